The van der Waals surface area contributed by atoms with E-state index in [1.165, 1.54) is 23.5 Å². The number of aliphatic carboxylic acids is 1. The van der Waals surface area contributed by atoms with Crippen LogP contribution in [0, 0.1) is 5.82 Å². The molecule has 0 atom stereocenters. The van der Waals surface area contributed by atoms with Crippen LogP contribution in [-0.2, 0) is 4.79 Å². The van der Waals surface area contributed by atoms with Gasteiger partial charge in [-0.3, -0.25) is 9.59 Å². The third-order valence-electron chi connectivity index (χ3n) is 2.33. The fourth-order valence-corrected chi connectivity index (χ4v) is 2.49. The number of nitrogens with one attached hydrogen (secondary N) is 1. The molecule has 0 aliphatic rings. The molecule has 0 spiro atoms. The lowest BCUT2D eigenvalue weighted by molar-refractivity contribution is -0.136. The molecule has 4 nitrogen and oxygen atoms in total. The van der Waals surface area contributed by atoms with E-state index < -0.39 is 5.97 Å². The Balaban J connectivity index is 2.10. The molecule has 1 amide bonds. The smallest absolute Gasteiger partial charge is 0.305 e. The van der Waals surface area contributed by atoms with E-state index in [-0.39, 0.29) is 24.7 Å². The number of amides is 1. The normalized spacial score (nSPS) is 10.5. The highest BCUT2D eigenvalue weighted by Crippen LogP contribution is 2.26. The second-order valence-corrected chi connectivity index (χ2v) is 4.78. The number of hydrogen-bond acceptors (Lipinski definition) is 3. The molecule has 0 fully saturated rings. The lowest BCUT2D eigenvalue weighted by Gasteiger charge is -1.99. The van der Waals surface area contributed by atoms with E-state index >= 15 is 0 Å². The first-order valence-corrected chi connectivity index (χ1v) is 6.07. The average Bonchev–Trinajstić information content (AvgIpc) is 2.71. The summed E-state index contributed by atoms with van der Waals surface area (Å²) in [7, 11) is 0. The van der Waals surface area contributed by atoms with Crippen molar-refractivity contribution in [3.8, 4) is 0 Å². The number of thiophene rings is 1. The number of carbonyl (C=O) groups is 2. The van der Waals surface area contributed by atoms with Crippen LogP contribution in [0.5, 0.6) is 0 Å². The van der Waals surface area contributed by atoms with Crippen molar-refractivity contribution in [2.45, 2.75) is 6.42 Å². The maximum Gasteiger partial charge on any atom is 0.305 e. The number of fused-ring (bicyclic) bond motifs is 1. The van der Waals surface area contributed by atoms with Crippen LogP contribution < -0.4 is 5.32 Å². The maximum atomic E-state index is 13.0. The van der Waals surface area contributed by atoms with Crippen LogP contribution in [0.2, 0.25) is 0 Å². The minimum absolute atomic E-state index is 0.0801. The van der Waals surface area contributed by atoms with Gasteiger partial charge in [-0.25, -0.2) is 4.39 Å². The molecule has 6 heteroatoms. The Hall–Kier alpha value is -1.95. The van der Waals surface area contributed by atoms with Crippen LogP contribution in [-0.4, -0.2) is 23.5 Å². The monoisotopic (exact) mass is 267 g/mol. The van der Waals surface area contributed by atoms with Crippen LogP contribution in [0.1, 0.15) is 16.1 Å². The summed E-state index contributed by atoms with van der Waals surface area (Å²) in [5.41, 5.74) is 0. The minimum atomic E-state index is -0.964. The van der Waals surface area contributed by atoms with Crippen molar-refractivity contribution in [3.05, 3.63) is 35.0 Å². The minimum Gasteiger partial charge on any atom is -0.481 e. The molecule has 0 saturated carbocycles. The van der Waals surface area contributed by atoms with Gasteiger partial charge in [0.2, 0.25) is 0 Å². The van der Waals surface area contributed by atoms with Gasteiger partial charge in [-0.15, -0.1) is 11.3 Å². The summed E-state index contributed by atoms with van der Waals surface area (Å²) in [6, 6.07) is 5.97. The molecule has 1 heterocycles. The summed E-state index contributed by atoms with van der Waals surface area (Å²) in [5, 5.41) is 11.8. The number of hydrogen-bond donors (Lipinski definition) is 2. The number of carbonyl (C=O) groups excluding carboxylic acids is 1. The Bertz CT molecular complexity index is 608. The predicted octanol–water partition coefficient (Wildman–Crippen LogP) is 2.24. The molecular weight excluding hydrogens is 257 g/mol. The number of carboxylic acids is 1. The Morgan fingerprint density at radius 3 is 2.83 bits per heavy atom. The maximum absolute atomic E-state index is 13.0. The molecule has 2 N–H and O–H groups in total. The Kier molecular flexibility index (Phi) is 3.57. The van der Waals surface area contributed by atoms with Crippen molar-refractivity contribution >= 4 is 33.3 Å². The zero-order valence-corrected chi connectivity index (χ0v) is 10.1. The number of halogens is 1. The van der Waals surface area contributed by atoms with Crippen LogP contribution in [0.4, 0.5) is 4.39 Å². The summed E-state index contributed by atoms with van der Waals surface area (Å²) in [6.07, 6.45) is -0.120. The zero-order valence-electron chi connectivity index (χ0n) is 9.27. The van der Waals surface area contributed by atoms with Crippen molar-refractivity contribution in [2.75, 3.05) is 6.54 Å². The third-order valence-corrected chi connectivity index (χ3v) is 3.43. The zero-order chi connectivity index (χ0) is 13.1. The van der Waals surface area contributed by atoms with Crippen LogP contribution in [0.3, 0.4) is 0 Å². The highest BCUT2D eigenvalue weighted by molar-refractivity contribution is 7.20. The molecule has 1 aromatic heterocycles. The molecule has 0 aliphatic heterocycles. The highest BCUT2D eigenvalue weighted by Gasteiger charge is 2.10. The lowest BCUT2D eigenvalue weighted by Crippen LogP contribution is -2.25. The molecule has 2 aromatic rings. The molecule has 0 bridgehead atoms. The van der Waals surface area contributed by atoms with Gasteiger partial charge in [-0.05, 0) is 23.6 Å². The second kappa shape index (κ2) is 5.14. The standard InChI is InChI=1S/C12H10FNO3S/c13-8-2-1-7-5-10(18-9(7)6-8)12(17)14-4-3-11(15)16/h1-2,5-6H,3-4H2,(H,14,17)(H,15,16). The van der Waals surface area contributed by atoms with Gasteiger partial charge < -0.3 is 10.4 Å². The predicted molar refractivity (Wildman–Crippen MR) is 66.4 cm³/mol. The fourth-order valence-electron chi connectivity index (χ4n) is 1.49. The van der Waals surface area contributed by atoms with E-state index in [0.29, 0.717) is 9.58 Å². The van der Waals surface area contributed by atoms with Gasteiger partial charge in [0.05, 0.1) is 11.3 Å². The topological polar surface area (TPSA) is 66.4 Å². The first-order valence-electron chi connectivity index (χ1n) is 5.25. The summed E-state index contributed by atoms with van der Waals surface area (Å²) in [4.78, 5) is 22.4. The number of rotatable bonds is 4. The first-order chi connectivity index (χ1) is 8.56. The van der Waals surface area contributed by atoms with E-state index in [4.69, 9.17) is 5.11 Å². The van der Waals surface area contributed by atoms with Gasteiger partial charge in [0.25, 0.3) is 5.91 Å². The first kappa shape index (κ1) is 12.5. The molecule has 2 rings (SSSR count). The summed E-state index contributed by atoms with van der Waals surface area (Å²) < 4.78 is 13.7. The highest BCUT2D eigenvalue weighted by atomic mass is 32.1. The molecule has 1 aromatic carbocycles. The molecular formula is C12H10FNO3S. The lowest BCUT2D eigenvalue weighted by atomic mass is 10.2. The molecule has 0 aliphatic carbocycles. The number of benzene rings is 1. The molecule has 0 radical (unpaired) electrons. The van der Waals surface area contributed by atoms with Gasteiger partial charge in [0.1, 0.15) is 5.82 Å². The van der Waals surface area contributed by atoms with Crippen molar-refractivity contribution in [1.82, 2.24) is 5.32 Å². The quantitative estimate of drug-likeness (QED) is 0.892. The average molecular weight is 267 g/mol. The Labute approximate surface area is 106 Å². The second-order valence-electron chi connectivity index (χ2n) is 3.69. The van der Waals surface area contributed by atoms with Crippen LogP contribution >= 0.6 is 11.3 Å². The van der Waals surface area contributed by atoms with Crippen LogP contribution in [0.25, 0.3) is 10.1 Å². The SMILES string of the molecule is O=C(O)CCNC(=O)c1cc2ccc(F)cc2s1. The summed E-state index contributed by atoms with van der Waals surface area (Å²) in [5.74, 6) is -1.64. The van der Waals surface area contributed by atoms with Gasteiger partial charge >= 0.3 is 5.97 Å². The van der Waals surface area contributed by atoms with Crippen LogP contribution in [0.15, 0.2) is 24.3 Å². The van der Waals surface area contributed by atoms with E-state index in [0.717, 1.165) is 5.39 Å². The van der Waals surface area contributed by atoms with Crippen molar-refractivity contribution < 1.29 is 19.1 Å². The number of carboxylic acid groups (broad SMARTS) is 1. The summed E-state index contributed by atoms with van der Waals surface area (Å²) in [6.45, 7) is 0.0801. The van der Waals surface area contributed by atoms with Crippen molar-refractivity contribution in [1.29, 1.82) is 0 Å². The van der Waals surface area contributed by atoms with Gasteiger partial charge in [0.15, 0.2) is 0 Å². The van der Waals surface area contributed by atoms with E-state index in [1.807, 2.05) is 0 Å². The van der Waals surface area contributed by atoms with Gasteiger partial charge in [0, 0.05) is 11.2 Å². The van der Waals surface area contributed by atoms with Crippen molar-refractivity contribution in [2.24, 2.45) is 0 Å². The van der Waals surface area contributed by atoms with E-state index in [2.05, 4.69) is 5.32 Å². The Morgan fingerprint density at radius 1 is 1.33 bits per heavy atom. The molecule has 0 saturated heterocycles. The molecule has 94 valence electrons. The van der Waals surface area contributed by atoms with Crippen molar-refractivity contribution in [3.63, 3.8) is 0 Å². The Morgan fingerprint density at radius 2 is 2.11 bits per heavy atom. The molecule has 18 heavy (non-hydrogen) atoms. The third kappa shape index (κ3) is 2.84. The van der Waals surface area contributed by atoms with E-state index in [1.54, 1.807) is 12.1 Å². The van der Waals surface area contributed by atoms with Gasteiger partial charge in [-0.1, -0.05) is 6.07 Å². The van der Waals surface area contributed by atoms with E-state index in [9.17, 15) is 14.0 Å². The molecule has 0 unspecified atom stereocenters. The largest absolute Gasteiger partial charge is 0.481 e. The fraction of sp³-hybridized carbons (Fsp3) is 0.167. The van der Waals surface area contributed by atoms with Gasteiger partial charge in [-0.2, -0.15) is 0 Å². The summed E-state index contributed by atoms with van der Waals surface area (Å²) >= 11 is 1.18.